The van der Waals surface area contributed by atoms with Gasteiger partial charge in [0, 0.05) is 19.9 Å². The van der Waals surface area contributed by atoms with Crippen molar-refractivity contribution in [3.63, 3.8) is 0 Å². The van der Waals surface area contributed by atoms with Crippen molar-refractivity contribution >= 4 is 23.7 Å². The predicted octanol–water partition coefficient (Wildman–Crippen LogP) is -0.0310. The lowest BCUT2D eigenvalue weighted by Gasteiger charge is -1.93. The maximum Gasteiger partial charge on any atom is 0.220 e. The van der Waals surface area contributed by atoms with Crippen LogP contribution in [0.15, 0.2) is 0 Å². The molecule has 1 amide bonds. The molecule has 0 rings (SSSR count). The lowest BCUT2D eigenvalue weighted by molar-refractivity contribution is -0.122. The summed E-state index contributed by atoms with van der Waals surface area (Å²) in [5, 5.41) is 2.14. The van der Waals surface area contributed by atoms with Gasteiger partial charge in [0.2, 0.25) is 5.91 Å². The average molecular weight is 147 g/mol. The van der Waals surface area contributed by atoms with Gasteiger partial charge in [0.1, 0.15) is 0 Å². The van der Waals surface area contributed by atoms with Crippen LogP contribution in [0.25, 0.3) is 0 Å². The number of amides is 1. The number of rotatable bonds is 3. The van der Waals surface area contributed by atoms with Crippen molar-refractivity contribution in [1.29, 1.82) is 0 Å². The monoisotopic (exact) mass is 147 g/mol. The topological polar surface area (TPSA) is 46.2 Å². The molecule has 0 aliphatic carbocycles. The SMILES string of the molecule is CNC(=O)CCC(=O)S. The third kappa shape index (κ3) is 5.36. The Kier molecular flexibility index (Phi) is 4.13. The minimum absolute atomic E-state index is 0.127. The molecule has 0 atom stereocenters. The van der Waals surface area contributed by atoms with Gasteiger partial charge >= 0.3 is 0 Å². The largest absolute Gasteiger partial charge is 0.359 e. The number of nitrogens with one attached hydrogen (secondary N) is 1. The second kappa shape index (κ2) is 4.38. The summed E-state index contributed by atoms with van der Waals surface area (Å²) in [6.07, 6.45) is 0.446. The number of thiol groups is 1. The van der Waals surface area contributed by atoms with Gasteiger partial charge in [-0.25, -0.2) is 0 Å². The van der Waals surface area contributed by atoms with Crippen LogP contribution in [0.1, 0.15) is 12.8 Å². The summed E-state index contributed by atoms with van der Waals surface area (Å²) in [6.45, 7) is 0. The second-order valence-corrected chi connectivity index (χ2v) is 2.07. The summed E-state index contributed by atoms with van der Waals surface area (Å²) >= 11 is 3.49. The number of hydrogen-bond acceptors (Lipinski definition) is 2. The van der Waals surface area contributed by atoms with Crippen LogP contribution in [-0.2, 0) is 9.59 Å². The Morgan fingerprint density at radius 2 is 2.00 bits per heavy atom. The van der Waals surface area contributed by atoms with Gasteiger partial charge in [-0.1, -0.05) is 0 Å². The van der Waals surface area contributed by atoms with E-state index in [1.807, 2.05) is 0 Å². The van der Waals surface area contributed by atoms with Gasteiger partial charge in [0.25, 0.3) is 0 Å². The van der Waals surface area contributed by atoms with E-state index in [1.54, 1.807) is 0 Å². The van der Waals surface area contributed by atoms with Crippen LogP contribution in [0.2, 0.25) is 0 Å². The highest BCUT2D eigenvalue weighted by atomic mass is 32.1. The molecular formula is C5H9NO2S. The van der Waals surface area contributed by atoms with Crippen LogP contribution < -0.4 is 5.32 Å². The van der Waals surface area contributed by atoms with Gasteiger partial charge in [0.15, 0.2) is 5.12 Å². The quantitative estimate of drug-likeness (QED) is 0.551. The molecule has 0 aliphatic heterocycles. The third-order valence-electron chi connectivity index (χ3n) is 0.845. The van der Waals surface area contributed by atoms with Crippen LogP contribution in [0.5, 0.6) is 0 Å². The molecule has 0 bridgehead atoms. The maximum atomic E-state index is 10.4. The number of carbonyl (C=O) groups is 2. The maximum absolute atomic E-state index is 10.4. The van der Waals surface area contributed by atoms with Gasteiger partial charge < -0.3 is 5.32 Å². The van der Waals surface area contributed by atoms with Crippen LogP contribution in [-0.4, -0.2) is 18.1 Å². The van der Waals surface area contributed by atoms with E-state index in [0.717, 1.165) is 0 Å². The second-order valence-electron chi connectivity index (χ2n) is 1.57. The molecule has 3 nitrogen and oxygen atoms in total. The van der Waals surface area contributed by atoms with Crippen molar-refractivity contribution in [2.75, 3.05) is 7.05 Å². The van der Waals surface area contributed by atoms with E-state index in [-0.39, 0.29) is 23.9 Å². The van der Waals surface area contributed by atoms with Crippen molar-refractivity contribution in [3.8, 4) is 0 Å². The summed E-state index contributed by atoms with van der Waals surface area (Å²) in [6, 6.07) is 0. The van der Waals surface area contributed by atoms with Crippen LogP contribution in [0, 0.1) is 0 Å². The number of hydrogen-bond donors (Lipinski definition) is 2. The van der Waals surface area contributed by atoms with E-state index < -0.39 is 0 Å². The third-order valence-corrected chi connectivity index (χ3v) is 1.07. The predicted molar refractivity (Wildman–Crippen MR) is 37.3 cm³/mol. The number of carbonyl (C=O) groups excluding carboxylic acids is 2. The zero-order valence-corrected chi connectivity index (χ0v) is 6.07. The molecule has 0 aromatic rings. The lowest BCUT2D eigenvalue weighted by Crippen LogP contribution is -2.17. The molecule has 0 heterocycles. The molecule has 9 heavy (non-hydrogen) atoms. The van der Waals surface area contributed by atoms with E-state index in [0.29, 0.717) is 0 Å². The van der Waals surface area contributed by atoms with E-state index in [9.17, 15) is 9.59 Å². The Morgan fingerprint density at radius 1 is 1.44 bits per heavy atom. The summed E-state index contributed by atoms with van der Waals surface area (Å²) < 4.78 is 0. The minimum Gasteiger partial charge on any atom is -0.359 e. The van der Waals surface area contributed by atoms with Crippen LogP contribution >= 0.6 is 12.6 Å². The lowest BCUT2D eigenvalue weighted by atomic mass is 10.3. The summed E-state index contributed by atoms with van der Waals surface area (Å²) in [4.78, 5) is 20.6. The van der Waals surface area contributed by atoms with E-state index in [2.05, 4.69) is 17.9 Å². The molecule has 4 heteroatoms. The fraction of sp³-hybridized carbons (Fsp3) is 0.600. The van der Waals surface area contributed by atoms with Crippen molar-refractivity contribution in [3.05, 3.63) is 0 Å². The Bertz CT molecular complexity index is 124. The standard InChI is InChI=1S/C5H9NO2S/c1-6-4(7)2-3-5(8)9/h2-3H2,1H3,(H,6,7)(H,8,9). The van der Waals surface area contributed by atoms with Gasteiger partial charge in [0.05, 0.1) is 0 Å². The summed E-state index contributed by atoms with van der Waals surface area (Å²) in [5.41, 5.74) is 0. The van der Waals surface area contributed by atoms with Crippen molar-refractivity contribution in [1.82, 2.24) is 5.32 Å². The highest BCUT2D eigenvalue weighted by molar-refractivity contribution is 7.96. The molecule has 0 radical (unpaired) electrons. The first-order valence-corrected chi connectivity index (χ1v) is 3.04. The molecule has 0 aromatic carbocycles. The normalized spacial score (nSPS) is 8.67. The summed E-state index contributed by atoms with van der Waals surface area (Å²) in [7, 11) is 1.53. The Balaban J connectivity index is 3.28. The first-order chi connectivity index (χ1) is 4.16. The molecule has 0 aliphatic rings. The Morgan fingerprint density at radius 3 is 2.33 bits per heavy atom. The Labute approximate surface area is 59.2 Å². The summed E-state index contributed by atoms with van der Waals surface area (Å²) in [5.74, 6) is -0.127. The molecule has 0 unspecified atom stereocenters. The smallest absolute Gasteiger partial charge is 0.220 e. The molecule has 0 saturated carbocycles. The highest BCUT2D eigenvalue weighted by Gasteiger charge is 1.99. The zero-order chi connectivity index (χ0) is 7.28. The Hall–Kier alpha value is -0.510. The van der Waals surface area contributed by atoms with Gasteiger partial charge in [-0.15, -0.1) is 12.6 Å². The van der Waals surface area contributed by atoms with Gasteiger partial charge in [-0.2, -0.15) is 0 Å². The fourth-order valence-electron chi connectivity index (χ4n) is 0.345. The van der Waals surface area contributed by atoms with Crippen molar-refractivity contribution < 1.29 is 9.59 Å². The fourth-order valence-corrected chi connectivity index (χ4v) is 0.457. The average Bonchev–Trinajstić information content (AvgIpc) is 1.83. The van der Waals surface area contributed by atoms with E-state index in [4.69, 9.17) is 0 Å². The molecule has 52 valence electrons. The first-order valence-electron chi connectivity index (χ1n) is 2.59. The van der Waals surface area contributed by atoms with Crippen LogP contribution in [0.3, 0.4) is 0 Å². The first kappa shape index (κ1) is 8.49. The molecule has 0 spiro atoms. The zero-order valence-electron chi connectivity index (χ0n) is 5.18. The van der Waals surface area contributed by atoms with Crippen molar-refractivity contribution in [2.45, 2.75) is 12.8 Å². The molecule has 0 saturated heterocycles. The van der Waals surface area contributed by atoms with E-state index >= 15 is 0 Å². The molecule has 1 N–H and O–H groups in total. The van der Waals surface area contributed by atoms with E-state index in [1.165, 1.54) is 7.05 Å². The molecule has 0 aromatic heterocycles. The minimum atomic E-state index is -0.251. The molecular weight excluding hydrogens is 138 g/mol. The van der Waals surface area contributed by atoms with Gasteiger partial charge in [-0.05, 0) is 0 Å². The molecule has 0 fully saturated rings. The highest BCUT2D eigenvalue weighted by Crippen LogP contribution is 1.92. The van der Waals surface area contributed by atoms with Crippen molar-refractivity contribution in [2.24, 2.45) is 0 Å². The van der Waals surface area contributed by atoms with Gasteiger partial charge in [-0.3, -0.25) is 9.59 Å². The van der Waals surface area contributed by atoms with Crippen LogP contribution in [0.4, 0.5) is 0 Å².